The maximum atomic E-state index is 13.2. The lowest BCUT2D eigenvalue weighted by molar-refractivity contribution is -0.137. The molecule has 0 atom stereocenters. The third-order valence-corrected chi connectivity index (χ3v) is 6.45. The third-order valence-electron chi connectivity index (χ3n) is 5.58. The van der Waals surface area contributed by atoms with Crippen molar-refractivity contribution in [3.05, 3.63) is 59.1 Å². The number of thioether (sulfide) groups is 1. The second kappa shape index (κ2) is 9.70. The zero-order valence-electron chi connectivity index (χ0n) is 16.8. The Bertz CT molecular complexity index is 1000. The van der Waals surface area contributed by atoms with Gasteiger partial charge in [0.15, 0.2) is 11.0 Å². The summed E-state index contributed by atoms with van der Waals surface area (Å²) in [5.41, 5.74) is 0.00432. The highest BCUT2D eigenvalue weighted by Gasteiger charge is 2.49. The van der Waals surface area contributed by atoms with Crippen LogP contribution in [0.3, 0.4) is 0 Å². The van der Waals surface area contributed by atoms with Gasteiger partial charge in [0, 0.05) is 10.7 Å². The van der Waals surface area contributed by atoms with Crippen molar-refractivity contribution in [2.75, 3.05) is 11.2 Å². The maximum Gasteiger partial charge on any atom is 0.416 e. The number of hydrogen-bond donors (Lipinski definition) is 0. The van der Waals surface area contributed by atoms with Gasteiger partial charge in [-0.05, 0) is 55.5 Å². The van der Waals surface area contributed by atoms with E-state index in [9.17, 15) is 13.2 Å². The lowest BCUT2D eigenvalue weighted by atomic mass is 9.79. The summed E-state index contributed by atoms with van der Waals surface area (Å²) in [6.07, 6.45) is 2.35. The van der Waals surface area contributed by atoms with Crippen LogP contribution in [-0.2, 0) is 6.18 Å². The van der Waals surface area contributed by atoms with Crippen LogP contribution in [-0.4, -0.2) is 22.8 Å². The molecule has 0 unspecified atom stereocenters. The Balaban J connectivity index is 0.00000272. The monoisotopic (exact) mass is 579 g/mol. The zero-order valence-corrected chi connectivity index (χ0v) is 20.7. The minimum absolute atomic E-state index is 0. The fourth-order valence-corrected chi connectivity index (χ4v) is 5.05. The molecule has 2 aromatic rings. The molecular weight excluding hydrogens is 558 g/mol. The summed E-state index contributed by atoms with van der Waals surface area (Å²) in [7, 11) is 0. The smallest absolute Gasteiger partial charge is 0.307 e. The van der Waals surface area contributed by atoms with Gasteiger partial charge in [0.05, 0.1) is 11.3 Å². The van der Waals surface area contributed by atoms with Gasteiger partial charge in [0.25, 0.3) is 0 Å². The van der Waals surface area contributed by atoms with Crippen LogP contribution in [0.15, 0.2) is 58.5 Å². The first kappa shape index (κ1) is 24.4. The van der Waals surface area contributed by atoms with Gasteiger partial charge in [-0.25, -0.2) is 9.98 Å². The Morgan fingerprint density at radius 3 is 2.42 bits per heavy atom. The van der Waals surface area contributed by atoms with E-state index in [2.05, 4.69) is 9.89 Å². The van der Waals surface area contributed by atoms with Gasteiger partial charge in [-0.15, -0.1) is 24.0 Å². The van der Waals surface area contributed by atoms with Crippen LogP contribution in [0.1, 0.15) is 37.7 Å². The van der Waals surface area contributed by atoms with Crippen LogP contribution in [0.25, 0.3) is 0 Å². The average molecular weight is 580 g/mol. The van der Waals surface area contributed by atoms with Gasteiger partial charge < -0.3 is 4.90 Å². The minimum atomic E-state index is -4.41. The zero-order chi connectivity index (χ0) is 21.4. The van der Waals surface area contributed by atoms with E-state index in [1.807, 2.05) is 30.5 Å². The number of amidine groups is 2. The molecule has 1 aliphatic carbocycles. The molecule has 0 bridgehead atoms. The number of hydrogen-bond acceptors (Lipinski definition) is 3. The van der Waals surface area contributed by atoms with E-state index in [4.69, 9.17) is 16.6 Å². The fraction of sp³-hybridized carbons (Fsp3) is 0.364. The molecule has 1 spiro atoms. The van der Waals surface area contributed by atoms with Gasteiger partial charge in [-0.3, -0.25) is 0 Å². The lowest BCUT2D eigenvalue weighted by Crippen LogP contribution is -2.52. The third kappa shape index (κ3) is 4.90. The topological polar surface area (TPSA) is 28.0 Å². The molecule has 0 saturated heterocycles. The van der Waals surface area contributed by atoms with Crippen LogP contribution in [0.4, 0.5) is 24.5 Å². The molecule has 9 heteroatoms. The van der Waals surface area contributed by atoms with Crippen LogP contribution >= 0.6 is 47.3 Å². The molecule has 1 heterocycles. The quantitative estimate of drug-likeness (QED) is 0.338. The molecule has 0 aromatic heterocycles. The van der Waals surface area contributed by atoms with Crippen molar-refractivity contribution >= 4 is 69.7 Å². The predicted octanol–water partition coefficient (Wildman–Crippen LogP) is 7.95. The number of halogens is 5. The average Bonchev–Trinajstić information content (AvgIpc) is 3.00. The molecule has 1 saturated carbocycles. The van der Waals surface area contributed by atoms with Gasteiger partial charge in [-0.1, -0.05) is 54.8 Å². The van der Waals surface area contributed by atoms with Crippen LogP contribution < -0.4 is 4.90 Å². The summed E-state index contributed by atoms with van der Waals surface area (Å²) in [5, 5.41) is 1.41. The molecular formula is C22H22ClF3IN3S. The second-order valence-electron chi connectivity index (χ2n) is 7.49. The molecule has 166 valence electrons. The van der Waals surface area contributed by atoms with Crippen molar-refractivity contribution in [2.24, 2.45) is 9.98 Å². The molecule has 1 fully saturated rings. The van der Waals surface area contributed by atoms with Gasteiger partial charge in [0.2, 0.25) is 0 Å². The number of aliphatic imine (C=N–C) groups is 2. The molecule has 1 aliphatic heterocycles. The van der Waals surface area contributed by atoms with Crippen molar-refractivity contribution < 1.29 is 13.2 Å². The van der Waals surface area contributed by atoms with Gasteiger partial charge in [-0.2, -0.15) is 13.2 Å². The van der Waals surface area contributed by atoms with E-state index in [0.29, 0.717) is 10.9 Å². The first-order chi connectivity index (χ1) is 14.3. The highest BCUT2D eigenvalue weighted by atomic mass is 127. The molecule has 0 N–H and O–H groups in total. The van der Waals surface area contributed by atoms with Crippen LogP contribution in [0, 0.1) is 0 Å². The summed E-state index contributed by atoms with van der Waals surface area (Å²) < 4.78 is 39.5. The van der Waals surface area contributed by atoms with E-state index in [1.54, 1.807) is 6.07 Å². The highest BCUT2D eigenvalue weighted by molar-refractivity contribution is 14.0. The Labute approximate surface area is 206 Å². The van der Waals surface area contributed by atoms with Crippen molar-refractivity contribution in [2.45, 2.75) is 43.8 Å². The van der Waals surface area contributed by atoms with Crippen LogP contribution in [0.2, 0.25) is 5.02 Å². The first-order valence-electron chi connectivity index (χ1n) is 9.78. The Hall–Kier alpha value is -1.26. The molecule has 3 nitrogen and oxygen atoms in total. The molecule has 2 aliphatic rings. The number of anilines is 1. The van der Waals surface area contributed by atoms with Crippen LogP contribution in [0.5, 0.6) is 0 Å². The lowest BCUT2D eigenvalue weighted by Gasteiger charge is -2.42. The molecule has 0 amide bonds. The Kier molecular flexibility index (Phi) is 7.63. The van der Waals surface area contributed by atoms with E-state index in [0.717, 1.165) is 55.1 Å². The largest absolute Gasteiger partial charge is 0.416 e. The minimum Gasteiger partial charge on any atom is -0.307 e. The normalized spacial score (nSPS) is 19.5. The predicted molar refractivity (Wildman–Crippen MR) is 135 cm³/mol. The first-order valence-corrected chi connectivity index (χ1v) is 11.4. The number of benzene rings is 2. The van der Waals surface area contributed by atoms with Gasteiger partial charge >= 0.3 is 6.18 Å². The van der Waals surface area contributed by atoms with Crippen molar-refractivity contribution in [1.29, 1.82) is 0 Å². The maximum absolute atomic E-state index is 13.2. The van der Waals surface area contributed by atoms with Gasteiger partial charge in [0.1, 0.15) is 5.54 Å². The molecule has 0 radical (unpaired) electrons. The summed E-state index contributed by atoms with van der Waals surface area (Å²) >= 11 is 7.76. The van der Waals surface area contributed by atoms with E-state index in [-0.39, 0.29) is 29.7 Å². The Morgan fingerprint density at radius 1 is 1.06 bits per heavy atom. The van der Waals surface area contributed by atoms with Crippen molar-refractivity contribution in [3.63, 3.8) is 0 Å². The highest BCUT2D eigenvalue weighted by Crippen LogP contribution is 2.45. The summed E-state index contributed by atoms with van der Waals surface area (Å²) in [5.74, 6) is 0.575. The summed E-state index contributed by atoms with van der Waals surface area (Å²) in [4.78, 5) is 11.6. The molecule has 4 rings (SSSR count). The molecule has 2 aromatic carbocycles. The van der Waals surface area contributed by atoms with Crippen molar-refractivity contribution in [1.82, 2.24) is 0 Å². The second-order valence-corrected chi connectivity index (χ2v) is 8.70. The van der Waals surface area contributed by atoms with Crippen molar-refractivity contribution in [3.8, 4) is 0 Å². The Morgan fingerprint density at radius 2 is 1.77 bits per heavy atom. The summed E-state index contributed by atoms with van der Waals surface area (Å²) in [6, 6.07) is 12.7. The number of nitrogens with zero attached hydrogens (tertiary/aromatic N) is 3. The SMILES string of the molecule is CSC1=NC(=Nc2cccc(C(F)(F)F)c2)C2(CCCCC2)N1c1cccc(Cl)c1.I. The standard InChI is InChI=1S/C22H21ClF3N3S.HI/c1-30-20-28-19(27-17-9-5-7-15(13-17)22(24,25)26)21(11-3-2-4-12-21)29(20)18-10-6-8-16(23)14-18;/h5-10,13-14H,2-4,11-12H2,1H3;1H. The number of rotatable bonds is 2. The van der Waals surface area contributed by atoms with E-state index in [1.165, 1.54) is 17.8 Å². The number of alkyl halides is 3. The van der Waals surface area contributed by atoms with E-state index >= 15 is 0 Å². The molecule has 31 heavy (non-hydrogen) atoms. The summed E-state index contributed by atoms with van der Waals surface area (Å²) in [6.45, 7) is 0. The van der Waals surface area contributed by atoms with E-state index < -0.39 is 17.3 Å². The fourth-order valence-electron chi connectivity index (χ4n) is 4.22.